The standard InChI is InChI=1S/C45H43NO8/c47-43(48)39-24-45(30-46(39)44(49)53-28-38-36-22-12-10-20-34(36)35-21-11-13-23-37(35)38)42(52-27-33-18-8-3-9-19-33)41(51-26-32-16-6-2-7-17-32)40(54-45)29-50-25-31-14-4-1-5-15-31/h1-23,38-42H,24-30H2,(H,47,48)/t39-,40-,41-,42+,45+/m1/s1. The van der Waals surface area contributed by atoms with Crippen LogP contribution in [0, 0.1) is 0 Å². The number of carboxylic acids is 1. The van der Waals surface area contributed by atoms with E-state index in [9.17, 15) is 14.7 Å². The minimum atomic E-state index is -1.22. The molecular formula is C45H43NO8. The molecule has 5 aromatic carbocycles. The van der Waals surface area contributed by atoms with E-state index in [4.69, 9.17) is 23.7 Å². The first kappa shape index (κ1) is 35.7. The predicted octanol–water partition coefficient (Wildman–Crippen LogP) is 7.62. The number of benzene rings is 5. The number of aliphatic carboxylic acids is 1. The molecular weight excluding hydrogens is 682 g/mol. The molecule has 2 heterocycles. The molecule has 0 radical (unpaired) electrons. The van der Waals surface area contributed by atoms with Crippen LogP contribution in [0.1, 0.15) is 40.2 Å². The van der Waals surface area contributed by atoms with Gasteiger partial charge >= 0.3 is 12.1 Å². The van der Waals surface area contributed by atoms with Gasteiger partial charge in [-0.15, -0.1) is 0 Å². The van der Waals surface area contributed by atoms with Crippen LogP contribution in [0.4, 0.5) is 4.79 Å². The van der Waals surface area contributed by atoms with Crippen molar-refractivity contribution in [1.29, 1.82) is 0 Å². The zero-order chi connectivity index (χ0) is 36.9. The summed E-state index contributed by atoms with van der Waals surface area (Å²) in [7, 11) is 0. The Labute approximate surface area is 315 Å². The molecule has 1 N–H and O–H groups in total. The normalized spacial score (nSPS) is 23.0. The molecule has 0 aromatic heterocycles. The number of fused-ring (bicyclic) bond motifs is 3. The number of hydrogen-bond donors (Lipinski definition) is 1. The Morgan fingerprint density at radius 2 is 1.19 bits per heavy atom. The number of ether oxygens (including phenoxy) is 5. The number of likely N-dealkylation sites (tertiary alicyclic amines) is 1. The summed E-state index contributed by atoms with van der Waals surface area (Å²) in [5, 5.41) is 10.6. The summed E-state index contributed by atoms with van der Waals surface area (Å²) in [6.45, 7) is 1.06. The Morgan fingerprint density at radius 3 is 1.76 bits per heavy atom. The molecule has 54 heavy (non-hydrogen) atoms. The van der Waals surface area contributed by atoms with Crippen LogP contribution >= 0.6 is 0 Å². The van der Waals surface area contributed by atoms with Crippen molar-refractivity contribution in [3.05, 3.63) is 167 Å². The number of carbonyl (C=O) groups is 2. The molecule has 1 aliphatic carbocycles. The van der Waals surface area contributed by atoms with E-state index in [0.717, 1.165) is 38.9 Å². The Hall–Kier alpha value is -5.32. The second kappa shape index (κ2) is 16.0. The summed E-state index contributed by atoms with van der Waals surface area (Å²) in [5.41, 5.74) is 6.07. The van der Waals surface area contributed by atoms with Crippen molar-refractivity contribution >= 4 is 12.1 Å². The highest BCUT2D eigenvalue weighted by Gasteiger charge is 2.63. The van der Waals surface area contributed by atoms with Crippen LogP contribution in [-0.2, 0) is 48.3 Å². The zero-order valence-corrected chi connectivity index (χ0v) is 29.9. The first-order valence-electron chi connectivity index (χ1n) is 18.4. The molecule has 0 saturated carbocycles. The number of amides is 1. The lowest BCUT2D eigenvalue weighted by atomic mass is 9.91. The maximum Gasteiger partial charge on any atom is 0.410 e. The van der Waals surface area contributed by atoms with Crippen LogP contribution in [0.5, 0.6) is 0 Å². The molecule has 1 spiro atoms. The largest absolute Gasteiger partial charge is 0.480 e. The SMILES string of the molecule is O=C(O)[C@H]1C[C@@]2(CN1C(=O)OCC1c3ccccc3-c3ccccc31)O[C@H](COCc1ccccc1)[C@@H](OCc1ccccc1)[C@@H]2OCc1ccccc1. The lowest BCUT2D eigenvalue weighted by molar-refractivity contribution is -0.142. The lowest BCUT2D eigenvalue weighted by Crippen LogP contribution is -2.48. The number of hydrogen-bond acceptors (Lipinski definition) is 7. The summed E-state index contributed by atoms with van der Waals surface area (Å²) >= 11 is 0. The molecule has 5 aromatic rings. The number of carbonyl (C=O) groups excluding carboxylic acids is 1. The van der Waals surface area contributed by atoms with Crippen LogP contribution in [0.3, 0.4) is 0 Å². The molecule has 5 atom stereocenters. The first-order chi connectivity index (χ1) is 26.5. The van der Waals surface area contributed by atoms with Crippen molar-refractivity contribution in [3.63, 3.8) is 0 Å². The second-order valence-electron chi connectivity index (χ2n) is 14.2. The zero-order valence-electron chi connectivity index (χ0n) is 29.9. The first-order valence-corrected chi connectivity index (χ1v) is 18.4. The lowest BCUT2D eigenvalue weighted by Gasteiger charge is -2.31. The summed E-state index contributed by atoms with van der Waals surface area (Å²) in [6.07, 6.45) is -2.71. The van der Waals surface area contributed by atoms with Gasteiger partial charge in [-0.05, 0) is 38.9 Å². The smallest absolute Gasteiger partial charge is 0.410 e. The van der Waals surface area contributed by atoms with E-state index in [1.807, 2.05) is 115 Å². The highest BCUT2D eigenvalue weighted by molar-refractivity contribution is 5.82. The fourth-order valence-electron chi connectivity index (χ4n) is 8.18. The highest BCUT2D eigenvalue weighted by atomic mass is 16.6. The average molecular weight is 726 g/mol. The van der Waals surface area contributed by atoms with Gasteiger partial charge in [0.2, 0.25) is 0 Å². The maximum atomic E-state index is 14.1. The van der Waals surface area contributed by atoms with Gasteiger partial charge in [-0.3, -0.25) is 4.90 Å². The summed E-state index contributed by atoms with van der Waals surface area (Å²) in [4.78, 5) is 28.3. The molecule has 8 rings (SSSR count). The molecule has 2 fully saturated rings. The Kier molecular flexibility index (Phi) is 10.6. The molecule has 2 saturated heterocycles. The van der Waals surface area contributed by atoms with Crippen LogP contribution in [-0.4, -0.2) is 71.8 Å². The molecule has 0 unspecified atom stereocenters. The Balaban J connectivity index is 1.06. The molecule has 276 valence electrons. The Bertz CT molecular complexity index is 2000. The van der Waals surface area contributed by atoms with Gasteiger partial charge in [0.05, 0.1) is 33.0 Å². The van der Waals surface area contributed by atoms with Crippen molar-refractivity contribution in [2.75, 3.05) is 19.8 Å². The van der Waals surface area contributed by atoms with Gasteiger partial charge in [0, 0.05) is 12.3 Å². The Morgan fingerprint density at radius 1 is 0.667 bits per heavy atom. The fourth-order valence-corrected chi connectivity index (χ4v) is 8.18. The summed E-state index contributed by atoms with van der Waals surface area (Å²) in [6, 6.07) is 44.5. The predicted molar refractivity (Wildman–Crippen MR) is 202 cm³/mol. The number of carboxylic acid groups (broad SMARTS) is 1. The third kappa shape index (κ3) is 7.41. The van der Waals surface area contributed by atoms with E-state index in [0.29, 0.717) is 6.61 Å². The van der Waals surface area contributed by atoms with Crippen molar-refractivity contribution < 1.29 is 38.4 Å². The minimum Gasteiger partial charge on any atom is -0.480 e. The van der Waals surface area contributed by atoms with Gasteiger partial charge < -0.3 is 28.8 Å². The van der Waals surface area contributed by atoms with Gasteiger partial charge in [0.15, 0.2) is 0 Å². The minimum absolute atomic E-state index is 0.00757. The second-order valence-corrected chi connectivity index (χ2v) is 14.2. The average Bonchev–Trinajstić information content (AvgIpc) is 3.85. The van der Waals surface area contributed by atoms with E-state index in [-0.39, 0.29) is 45.3 Å². The molecule has 0 bridgehead atoms. The topological polar surface area (TPSA) is 104 Å². The molecule has 2 aliphatic heterocycles. The van der Waals surface area contributed by atoms with E-state index in [1.165, 1.54) is 4.90 Å². The third-order valence-corrected chi connectivity index (χ3v) is 10.7. The van der Waals surface area contributed by atoms with E-state index >= 15 is 0 Å². The molecule has 9 nitrogen and oxygen atoms in total. The van der Waals surface area contributed by atoms with Crippen LogP contribution in [0.15, 0.2) is 140 Å². The molecule has 1 amide bonds. The van der Waals surface area contributed by atoms with Gasteiger partial charge in [-0.2, -0.15) is 0 Å². The van der Waals surface area contributed by atoms with E-state index in [1.54, 1.807) is 0 Å². The van der Waals surface area contributed by atoms with E-state index < -0.39 is 42.0 Å². The fraction of sp³-hybridized carbons (Fsp3) is 0.289. The number of rotatable bonds is 13. The van der Waals surface area contributed by atoms with Crippen molar-refractivity contribution in [3.8, 4) is 11.1 Å². The van der Waals surface area contributed by atoms with Crippen molar-refractivity contribution in [2.45, 2.75) is 62.1 Å². The molecule has 3 aliphatic rings. The van der Waals surface area contributed by atoms with Gasteiger partial charge in [0.25, 0.3) is 0 Å². The summed E-state index contributed by atoms with van der Waals surface area (Å²) in [5.74, 6) is -1.32. The van der Waals surface area contributed by atoms with Gasteiger partial charge in [0.1, 0.15) is 36.6 Å². The monoisotopic (exact) mass is 725 g/mol. The van der Waals surface area contributed by atoms with Crippen LogP contribution in [0.2, 0.25) is 0 Å². The van der Waals surface area contributed by atoms with Gasteiger partial charge in [-0.25, -0.2) is 9.59 Å². The third-order valence-electron chi connectivity index (χ3n) is 10.7. The molecule has 9 heteroatoms. The van der Waals surface area contributed by atoms with Gasteiger partial charge in [-0.1, -0.05) is 140 Å². The number of nitrogens with zero attached hydrogens (tertiary/aromatic N) is 1. The van der Waals surface area contributed by atoms with Crippen LogP contribution in [0.25, 0.3) is 11.1 Å². The van der Waals surface area contributed by atoms with Crippen molar-refractivity contribution in [2.24, 2.45) is 0 Å². The van der Waals surface area contributed by atoms with Crippen LogP contribution < -0.4 is 0 Å². The highest BCUT2D eigenvalue weighted by Crippen LogP contribution is 2.47. The van der Waals surface area contributed by atoms with E-state index in [2.05, 4.69) is 24.3 Å². The summed E-state index contributed by atoms with van der Waals surface area (Å²) < 4.78 is 32.5. The van der Waals surface area contributed by atoms with Crippen molar-refractivity contribution in [1.82, 2.24) is 4.90 Å². The quantitative estimate of drug-likeness (QED) is 0.132. The maximum absolute atomic E-state index is 14.1.